The molecule has 1 aromatic carbocycles. The molecule has 104 valence electrons. The van der Waals surface area contributed by atoms with E-state index in [2.05, 4.69) is 16.3 Å². The Hall–Kier alpha value is -2.30. The number of benzene rings is 1. The van der Waals surface area contributed by atoms with Crippen molar-refractivity contribution in [2.75, 3.05) is 0 Å². The van der Waals surface area contributed by atoms with Crippen LogP contribution in [0.5, 0.6) is 5.75 Å². The number of rotatable bonds is 3. The molecule has 3 rings (SSSR count). The number of hydrogen-bond acceptors (Lipinski definition) is 4. The van der Waals surface area contributed by atoms with Gasteiger partial charge < -0.3 is 9.94 Å². The molecular formula is C15H17N3O2. The largest absolute Gasteiger partial charge is 0.489 e. The summed E-state index contributed by atoms with van der Waals surface area (Å²) in [5, 5.41) is 16.6. The van der Waals surface area contributed by atoms with E-state index >= 15 is 0 Å². The van der Waals surface area contributed by atoms with Gasteiger partial charge in [0.15, 0.2) is 0 Å². The maximum Gasteiger partial charge on any atom is 0.120 e. The summed E-state index contributed by atoms with van der Waals surface area (Å²) in [5.74, 6) is 0.788. The zero-order chi connectivity index (χ0) is 13.9. The maximum absolute atomic E-state index is 9.08. The summed E-state index contributed by atoms with van der Waals surface area (Å²) in [6, 6.07) is 5.98. The lowest BCUT2D eigenvalue weighted by atomic mass is 9.90. The van der Waals surface area contributed by atoms with Gasteiger partial charge in [-0.3, -0.25) is 4.68 Å². The molecule has 5 nitrogen and oxygen atoms in total. The third-order valence-electron chi connectivity index (χ3n) is 3.54. The van der Waals surface area contributed by atoms with Crippen LogP contribution in [-0.2, 0) is 20.1 Å². The lowest BCUT2D eigenvalue weighted by Crippen LogP contribution is -2.12. The van der Waals surface area contributed by atoms with Crippen LogP contribution in [0.3, 0.4) is 0 Å². The van der Waals surface area contributed by atoms with Crippen LogP contribution in [0.4, 0.5) is 0 Å². The first-order chi connectivity index (χ1) is 9.76. The average Bonchev–Trinajstić information content (AvgIpc) is 2.90. The number of ether oxygens (including phenoxy) is 1. The molecule has 2 aromatic rings. The van der Waals surface area contributed by atoms with Gasteiger partial charge in [0.2, 0.25) is 0 Å². The van der Waals surface area contributed by atoms with Crippen molar-refractivity contribution in [1.82, 2.24) is 9.78 Å². The monoisotopic (exact) mass is 271 g/mol. The molecule has 1 aliphatic rings. The van der Waals surface area contributed by atoms with Gasteiger partial charge in [-0.15, -0.1) is 0 Å². The Kier molecular flexibility index (Phi) is 3.41. The van der Waals surface area contributed by atoms with E-state index in [4.69, 9.17) is 9.94 Å². The lowest BCUT2D eigenvalue weighted by molar-refractivity contribution is 0.305. The van der Waals surface area contributed by atoms with Crippen LogP contribution in [-0.4, -0.2) is 20.7 Å². The standard InChI is InChI=1S/C15H17N3O2/c1-18-9-11(8-16-18)10-20-13-6-5-12-3-2-4-15(17-19)14(12)7-13/h5-9,19H,2-4,10H2,1H3/b17-15-. The molecule has 0 aliphatic heterocycles. The van der Waals surface area contributed by atoms with Gasteiger partial charge in [-0.2, -0.15) is 5.10 Å². The highest BCUT2D eigenvalue weighted by molar-refractivity contribution is 6.02. The molecular weight excluding hydrogens is 254 g/mol. The van der Waals surface area contributed by atoms with Gasteiger partial charge in [-0.1, -0.05) is 11.2 Å². The Morgan fingerprint density at radius 3 is 3.05 bits per heavy atom. The molecule has 1 aliphatic carbocycles. The van der Waals surface area contributed by atoms with E-state index in [0.717, 1.165) is 41.9 Å². The minimum atomic E-state index is 0.484. The van der Waals surface area contributed by atoms with Crippen LogP contribution in [0.1, 0.15) is 29.5 Å². The van der Waals surface area contributed by atoms with Crippen LogP contribution in [0.25, 0.3) is 0 Å². The normalized spacial score (nSPS) is 16.1. The molecule has 0 bridgehead atoms. The van der Waals surface area contributed by atoms with E-state index in [1.165, 1.54) is 5.56 Å². The Bertz CT molecular complexity index is 646. The van der Waals surface area contributed by atoms with E-state index in [9.17, 15) is 0 Å². The zero-order valence-corrected chi connectivity index (χ0v) is 11.4. The topological polar surface area (TPSA) is 59.6 Å². The van der Waals surface area contributed by atoms with Crippen LogP contribution >= 0.6 is 0 Å². The van der Waals surface area contributed by atoms with E-state index in [-0.39, 0.29) is 0 Å². The van der Waals surface area contributed by atoms with Crippen LogP contribution in [0.15, 0.2) is 35.7 Å². The van der Waals surface area contributed by atoms with E-state index in [1.807, 2.05) is 25.4 Å². The third kappa shape index (κ3) is 2.52. The molecule has 0 saturated carbocycles. The van der Waals surface area contributed by atoms with Crippen molar-refractivity contribution in [3.05, 3.63) is 47.3 Å². The second kappa shape index (κ2) is 5.36. The van der Waals surface area contributed by atoms with Crippen molar-refractivity contribution in [3.63, 3.8) is 0 Å². The maximum atomic E-state index is 9.08. The molecule has 1 heterocycles. The van der Waals surface area contributed by atoms with Crippen molar-refractivity contribution >= 4 is 5.71 Å². The van der Waals surface area contributed by atoms with E-state index < -0.39 is 0 Å². The van der Waals surface area contributed by atoms with Crippen LogP contribution in [0, 0.1) is 0 Å². The van der Waals surface area contributed by atoms with Crippen LogP contribution < -0.4 is 4.74 Å². The number of hydrogen-bond donors (Lipinski definition) is 1. The predicted molar refractivity (Wildman–Crippen MR) is 75.2 cm³/mol. The second-order valence-electron chi connectivity index (χ2n) is 5.03. The zero-order valence-electron chi connectivity index (χ0n) is 11.4. The molecule has 0 radical (unpaired) electrons. The molecule has 0 atom stereocenters. The number of aryl methyl sites for hydroxylation is 2. The second-order valence-corrected chi connectivity index (χ2v) is 5.03. The smallest absolute Gasteiger partial charge is 0.120 e. The SMILES string of the molecule is Cn1cc(COc2ccc3c(c2)/C(=N\O)CCC3)cn1. The molecule has 1 N–H and O–H groups in total. The molecule has 20 heavy (non-hydrogen) atoms. The highest BCUT2D eigenvalue weighted by Crippen LogP contribution is 2.26. The van der Waals surface area contributed by atoms with Gasteiger partial charge in [-0.05, 0) is 37.0 Å². The molecule has 0 saturated heterocycles. The van der Waals surface area contributed by atoms with Crippen molar-refractivity contribution in [1.29, 1.82) is 0 Å². The van der Waals surface area contributed by atoms with Gasteiger partial charge in [0.25, 0.3) is 0 Å². The van der Waals surface area contributed by atoms with Crippen molar-refractivity contribution in [3.8, 4) is 5.75 Å². The third-order valence-corrected chi connectivity index (χ3v) is 3.54. The first-order valence-corrected chi connectivity index (χ1v) is 6.71. The predicted octanol–water partition coefficient (Wildman–Crippen LogP) is 2.51. The average molecular weight is 271 g/mol. The summed E-state index contributed by atoms with van der Waals surface area (Å²) in [7, 11) is 1.88. The molecule has 1 aromatic heterocycles. The fourth-order valence-electron chi connectivity index (χ4n) is 2.53. The van der Waals surface area contributed by atoms with Gasteiger partial charge in [0, 0.05) is 24.4 Å². The summed E-state index contributed by atoms with van der Waals surface area (Å²) in [5.41, 5.74) is 4.00. The number of nitrogens with zero attached hydrogens (tertiary/aromatic N) is 3. The first kappa shape index (κ1) is 12.7. The Labute approximate surface area is 117 Å². The van der Waals surface area contributed by atoms with Crippen molar-refractivity contribution < 1.29 is 9.94 Å². The summed E-state index contributed by atoms with van der Waals surface area (Å²) in [6.07, 6.45) is 6.59. The number of fused-ring (bicyclic) bond motifs is 1. The fraction of sp³-hybridized carbons (Fsp3) is 0.333. The quantitative estimate of drug-likeness (QED) is 0.689. The molecule has 0 unspecified atom stereocenters. The van der Waals surface area contributed by atoms with E-state index in [1.54, 1.807) is 10.9 Å². The number of oxime groups is 1. The van der Waals surface area contributed by atoms with Crippen LogP contribution in [0.2, 0.25) is 0 Å². The van der Waals surface area contributed by atoms with Gasteiger partial charge in [-0.25, -0.2) is 0 Å². The van der Waals surface area contributed by atoms with Gasteiger partial charge in [0.05, 0.1) is 11.9 Å². The molecule has 0 amide bonds. The van der Waals surface area contributed by atoms with Gasteiger partial charge in [0.1, 0.15) is 12.4 Å². The highest BCUT2D eigenvalue weighted by atomic mass is 16.5. The van der Waals surface area contributed by atoms with Crippen molar-refractivity contribution in [2.24, 2.45) is 12.2 Å². The Balaban J connectivity index is 1.78. The van der Waals surface area contributed by atoms with E-state index in [0.29, 0.717) is 6.61 Å². The Morgan fingerprint density at radius 2 is 2.30 bits per heavy atom. The summed E-state index contributed by atoms with van der Waals surface area (Å²) >= 11 is 0. The lowest BCUT2D eigenvalue weighted by Gasteiger charge is -2.17. The first-order valence-electron chi connectivity index (χ1n) is 6.71. The minimum Gasteiger partial charge on any atom is -0.489 e. The molecule has 0 spiro atoms. The summed E-state index contributed by atoms with van der Waals surface area (Å²) in [4.78, 5) is 0. The minimum absolute atomic E-state index is 0.484. The molecule has 0 fully saturated rings. The highest BCUT2D eigenvalue weighted by Gasteiger charge is 2.16. The summed E-state index contributed by atoms with van der Waals surface area (Å²) in [6.45, 7) is 0.484. The molecule has 5 heteroatoms. The number of aromatic nitrogens is 2. The van der Waals surface area contributed by atoms with Crippen molar-refractivity contribution in [2.45, 2.75) is 25.9 Å². The van der Waals surface area contributed by atoms with Gasteiger partial charge >= 0.3 is 0 Å². The fourth-order valence-corrected chi connectivity index (χ4v) is 2.53. The summed E-state index contributed by atoms with van der Waals surface area (Å²) < 4.78 is 7.53. The Morgan fingerprint density at radius 1 is 1.40 bits per heavy atom.